The number of carbonyl (C=O) groups is 1. The summed E-state index contributed by atoms with van der Waals surface area (Å²) in [4.78, 5) is 9.97. The molecule has 0 saturated heterocycles. The smallest absolute Gasteiger partial charge is 0.420 e. The van der Waals surface area contributed by atoms with Crippen LogP contribution < -0.4 is 5.32 Å². The van der Waals surface area contributed by atoms with Crippen LogP contribution in [0.3, 0.4) is 0 Å². The van der Waals surface area contributed by atoms with Gasteiger partial charge in [-0.1, -0.05) is 0 Å². The molecular formula is C8H6F3NO2. The van der Waals surface area contributed by atoms with Crippen LogP contribution in [0.5, 0.6) is 5.75 Å². The summed E-state index contributed by atoms with van der Waals surface area (Å²) in [5.74, 6) is -0.867. The van der Waals surface area contributed by atoms with Crippen molar-refractivity contribution in [3.63, 3.8) is 0 Å². The highest BCUT2D eigenvalue weighted by atomic mass is 19.4. The van der Waals surface area contributed by atoms with E-state index in [2.05, 4.69) is 5.32 Å². The van der Waals surface area contributed by atoms with Gasteiger partial charge in [0, 0.05) is 5.69 Å². The molecule has 0 aliphatic rings. The lowest BCUT2D eigenvalue weighted by molar-refractivity contribution is -0.138. The Balaban J connectivity index is 3.15. The predicted octanol–water partition coefficient (Wildman–Crippen LogP) is 1.98. The minimum Gasteiger partial charge on any atom is -0.507 e. The third kappa shape index (κ3) is 2.15. The molecule has 14 heavy (non-hydrogen) atoms. The lowest BCUT2D eigenvalue weighted by atomic mass is 10.1. The highest BCUT2D eigenvalue weighted by Gasteiger charge is 2.33. The van der Waals surface area contributed by atoms with Crippen molar-refractivity contribution < 1.29 is 23.1 Å². The van der Waals surface area contributed by atoms with Crippen LogP contribution in [0.15, 0.2) is 18.2 Å². The van der Waals surface area contributed by atoms with Gasteiger partial charge in [-0.15, -0.1) is 0 Å². The van der Waals surface area contributed by atoms with Gasteiger partial charge in [0.2, 0.25) is 6.41 Å². The van der Waals surface area contributed by atoms with Gasteiger partial charge in [-0.2, -0.15) is 13.2 Å². The molecule has 1 aromatic rings. The quantitative estimate of drug-likeness (QED) is 0.572. The van der Waals surface area contributed by atoms with Gasteiger partial charge in [-0.3, -0.25) is 4.79 Å². The first-order chi connectivity index (χ1) is 6.45. The first-order valence-electron chi connectivity index (χ1n) is 3.55. The summed E-state index contributed by atoms with van der Waals surface area (Å²) < 4.78 is 36.6. The second-order valence-corrected chi connectivity index (χ2v) is 2.49. The van der Waals surface area contributed by atoms with Gasteiger partial charge in [0.05, 0.1) is 5.56 Å². The number of amides is 1. The van der Waals surface area contributed by atoms with Crippen molar-refractivity contribution in [3.05, 3.63) is 23.8 Å². The zero-order chi connectivity index (χ0) is 10.8. The Morgan fingerprint density at radius 1 is 1.36 bits per heavy atom. The molecule has 1 rings (SSSR count). The molecule has 2 N–H and O–H groups in total. The van der Waals surface area contributed by atoms with E-state index in [0.29, 0.717) is 6.07 Å². The number of phenols is 1. The number of aromatic hydroxyl groups is 1. The number of phenolic OH excluding ortho intramolecular Hbond substituents is 1. The van der Waals surface area contributed by atoms with Crippen molar-refractivity contribution in [2.75, 3.05) is 5.32 Å². The lowest BCUT2D eigenvalue weighted by Crippen LogP contribution is -2.06. The average molecular weight is 205 g/mol. The second kappa shape index (κ2) is 3.57. The molecule has 0 saturated carbocycles. The fraction of sp³-hybridized carbons (Fsp3) is 0.125. The van der Waals surface area contributed by atoms with Crippen LogP contribution in [-0.2, 0) is 11.0 Å². The van der Waals surface area contributed by atoms with Gasteiger partial charge in [0.15, 0.2) is 0 Å². The topological polar surface area (TPSA) is 49.3 Å². The molecule has 1 amide bonds. The summed E-state index contributed by atoms with van der Waals surface area (Å²) in [7, 11) is 0. The largest absolute Gasteiger partial charge is 0.507 e. The zero-order valence-corrected chi connectivity index (χ0v) is 6.80. The summed E-state index contributed by atoms with van der Waals surface area (Å²) in [6, 6.07) is 2.69. The maximum absolute atomic E-state index is 12.2. The van der Waals surface area contributed by atoms with Gasteiger partial charge >= 0.3 is 6.18 Å². The van der Waals surface area contributed by atoms with Gasteiger partial charge < -0.3 is 10.4 Å². The van der Waals surface area contributed by atoms with Crippen LogP contribution in [0.2, 0.25) is 0 Å². The van der Waals surface area contributed by atoms with Crippen LogP contribution in [0.4, 0.5) is 18.9 Å². The van der Waals surface area contributed by atoms with E-state index in [1.54, 1.807) is 0 Å². The molecule has 0 spiro atoms. The number of rotatable bonds is 2. The molecule has 1 aromatic carbocycles. The standard InChI is InChI=1S/C8H6F3NO2/c9-8(10,11)6-3-5(12-4-13)1-2-7(6)14/h1-4,14H,(H,12,13). The van der Waals surface area contributed by atoms with E-state index in [-0.39, 0.29) is 12.1 Å². The zero-order valence-electron chi connectivity index (χ0n) is 6.80. The molecular weight excluding hydrogens is 199 g/mol. The Bertz CT molecular complexity index is 349. The molecule has 0 bridgehead atoms. The number of halogens is 3. The fourth-order valence-electron chi connectivity index (χ4n) is 0.921. The monoisotopic (exact) mass is 205 g/mol. The summed E-state index contributed by atoms with van der Waals surface area (Å²) >= 11 is 0. The number of anilines is 1. The molecule has 0 heterocycles. The van der Waals surface area contributed by atoms with E-state index in [1.165, 1.54) is 6.07 Å². The first kappa shape index (κ1) is 10.4. The molecule has 0 fully saturated rings. The van der Waals surface area contributed by atoms with E-state index < -0.39 is 17.5 Å². The summed E-state index contributed by atoms with van der Waals surface area (Å²) in [6.07, 6.45) is -4.38. The summed E-state index contributed by atoms with van der Waals surface area (Å²) in [6.45, 7) is 0. The highest BCUT2D eigenvalue weighted by molar-refractivity contribution is 5.72. The predicted molar refractivity (Wildman–Crippen MR) is 42.8 cm³/mol. The van der Waals surface area contributed by atoms with Crippen molar-refractivity contribution in [1.82, 2.24) is 0 Å². The number of nitrogens with one attached hydrogen (secondary N) is 1. The summed E-state index contributed by atoms with van der Waals surface area (Å²) in [5, 5.41) is 11.0. The molecule has 3 nitrogen and oxygen atoms in total. The lowest BCUT2D eigenvalue weighted by Gasteiger charge is -2.09. The molecule has 76 valence electrons. The van der Waals surface area contributed by atoms with Crippen LogP contribution in [0, 0.1) is 0 Å². The average Bonchev–Trinajstić information content (AvgIpc) is 2.07. The third-order valence-electron chi connectivity index (χ3n) is 1.53. The number of hydrogen-bond acceptors (Lipinski definition) is 2. The van der Waals surface area contributed by atoms with Crippen molar-refractivity contribution in [3.8, 4) is 5.75 Å². The Morgan fingerprint density at radius 3 is 2.50 bits per heavy atom. The van der Waals surface area contributed by atoms with E-state index in [9.17, 15) is 18.0 Å². The van der Waals surface area contributed by atoms with E-state index in [4.69, 9.17) is 5.11 Å². The normalized spacial score (nSPS) is 11.1. The summed E-state index contributed by atoms with van der Waals surface area (Å²) in [5.41, 5.74) is -1.20. The maximum Gasteiger partial charge on any atom is 0.420 e. The molecule has 0 aliphatic heterocycles. The van der Waals surface area contributed by atoms with Crippen LogP contribution in [0.1, 0.15) is 5.56 Å². The molecule has 0 aromatic heterocycles. The van der Waals surface area contributed by atoms with Crippen molar-refractivity contribution >= 4 is 12.1 Å². The van der Waals surface area contributed by atoms with Gasteiger partial charge in [0.25, 0.3) is 0 Å². The van der Waals surface area contributed by atoms with Gasteiger partial charge in [0.1, 0.15) is 5.75 Å². The Hall–Kier alpha value is -1.72. The Kier molecular flexibility index (Phi) is 2.64. The van der Waals surface area contributed by atoms with Crippen molar-refractivity contribution in [2.24, 2.45) is 0 Å². The van der Waals surface area contributed by atoms with Crippen molar-refractivity contribution in [1.29, 1.82) is 0 Å². The molecule has 0 aliphatic carbocycles. The van der Waals surface area contributed by atoms with Gasteiger partial charge in [-0.05, 0) is 18.2 Å². The van der Waals surface area contributed by atoms with E-state index >= 15 is 0 Å². The number of hydrogen-bond donors (Lipinski definition) is 2. The van der Waals surface area contributed by atoms with Gasteiger partial charge in [-0.25, -0.2) is 0 Å². The third-order valence-corrected chi connectivity index (χ3v) is 1.53. The second-order valence-electron chi connectivity index (χ2n) is 2.49. The molecule has 0 unspecified atom stereocenters. The van der Waals surface area contributed by atoms with Crippen molar-refractivity contribution in [2.45, 2.75) is 6.18 Å². The SMILES string of the molecule is O=CNc1ccc(O)c(C(F)(F)F)c1. The minimum absolute atomic E-state index is 0.0230. The highest BCUT2D eigenvalue weighted by Crippen LogP contribution is 2.36. The molecule has 0 atom stereocenters. The first-order valence-corrected chi connectivity index (χ1v) is 3.55. The Morgan fingerprint density at radius 2 is 2.00 bits per heavy atom. The number of carbonyl (C=O) groups excluding carboxylic acids is 1. The molecule has 0 radical (unpaired) electrons. The maximum atomic E-state index is 12.2. The fourth-order valence-corrected chi connectivity index (χ4v) is 0.921. The number of alkyl halides is 3. The van der Waals surface area contributed by atoms with Crippen LogP contribution >= 0.6 is 0 Å². The van der Waals surface area contributed by atoms with E-state index in [0.717, 1.165) is 6.07 Å². The number of benzene rings is 1. The van der Waals surface area contributed by atoms with Crippen LogP contribution in [-0.4, -0.2) is 11.5 Å². The Labute approximate surface area is 77.2 Å². The van der Waals surface area contributed by atoms with Crippen LogP contribution in [0.25, 0.3) is 0 Å². The minimum atomic E-state index is -4.63. The molecule has 6 heteroatoms. The van der Waals surface area contributed by atoms with E-state index in [1.807, 2.05) is 0 Å².